The lowest BCUT2D eigenvalue weighted by atomic mass is 9.82. The molecule has 0 radical (unpaired) electrons. The van der Waals surface area contributed by atoms with Crippen LogP contribution in [0.1, 0.15) is 86.3 Å². The van der Waals surface area contributed by atoms with Gasteiger partial charge < -0.3 is 50.3 Å². The number of benzene rings is 5. The van der Waals surface area contributed by atoms with Crippen molar-refractivity contribution in [1.29, 1.82) is 0 Å². The predicted molar refractivity (Wildman–Crippen MR) is 296 cm³/mol. The van der Waals surface area contributed by atoms with Crippen molar-refractivity contribution in [2.75, 3.05) is 60.8 Å². The Kier molecular flexibility index (Phi) is 17.5. The highest BCUT2D eigenvalue weighted by molar-refractivity contribution is 6.10. The van der Waals surface area contributed by atoms with Crippen LogP contribution in [-0.4, -0.2) is 113 Å². The van der Waals surface area contributed by atoms with Gasteiger partial charge in [-0.05, 0) is 166 Å². The zero-order valence-electron chi connectivity index (χ0n) is 44.3. The average molecular weight is 1050 g/mol. The summed E-state index contributed by atoms with van der Waals surface area (Å²) in [7, 11) is 0. The quantitative estimate of drug-likeness (QED) is 0.0301. The standard InChI is InChI=1S/C61H72N6O10/c1-4-76-49-22-25-54-44(32-49)34-52(62-27-8-10-29-68)58(72)66(54)46-19-17-41(18-20-46)37-65-56-24-21-47(67-55-26-23-50(77-5-2)33-45(55)35-53(59(67)73)63-28-9-11-30-69)36-51(56)61(75,60(65)74)40(3)13-12-16-57(71)64-38-43-15-7-6-14-42(43)31-48(64)39-70/h6-7,12-15,17-26,32-33,36,40,48,52-53,62-63,68-70,75H,4-5,8-11,16,27-31,34-35,37-39H2,1-3H3/b13-12+/t40-,48+,52?,53?,61+/m1/s1. The van der Waals surface area contributed by atoms with Gasteiger partial charge in [-0.2, -0.15) is 0 Å². The Labute approximate surface area is 450 Å². The smallest absolute Gasteiger partial charge is 0.264 e. The van der Waals surface area contributed by atoms with Crippen LogP contribution in [0.4, 0.5) is 28.4 Å². The van der Waals surface area contributed by atoms with E-state index in [9.17, 15) is 34.8 Å². The molecule has 5 aromatic carbocycles. The highest BCUT2D eigenvalue weighted by atomic mass is 16.5. The molecular weight excluding hydrogens is 977 g/mol. The van der Waals surface area contributed by atoms with Gasteiger partial charge in [0.2, 0.25) is 17.7 Å². The Morgan fingerprint density at radius 2 is 1.25 bits per heavy atom. The number of nitrogens with zero attached hydrogens (tertiary/aromatic N) is 4. The van der Waals surface area contributed by atoms with Crippen molar-refractivity contribution in [3.05, 3.63) is 149 Å². The van der Waals surface area contributed by atoms with Crippen LogP contribution in [0.5, 0.6) is 11.5 Å². The Balaban J connectivity index is 1.04. The molecule has 77 heavy (non-hydrogen) atoms. The summed E-state index contributed by atoms with van der Waals surface area (Å²) >= 11 is 0. The van der Waals surface area contributed by atoms with Crippen molar-refractivity contribution in [3.63, 3.8) is 0 Å². The van der Waals surface area contributed by atoms with Crippen molar-refractivity contribution in [2.45, 2.75) is 109 Å². The monoisotopic (exact) mass is 1050 g/mol. The maximum Gasteiger partial charge on any atom is 0.264 e. The zero-order chi connectivity index (χ0) is 54.2. The van der Waals surface area contributed by atoms with Crippen LogP contribution in [0.2, 0.25) is 0 Å². The van der Waals surface area contributed by atoms with Gasteiger partial charge in [0.1, 0.15) is 11.5 Å². The lowest BCUT2D eigenvalue weighted by Crippen LogP contribution is -2.49. The van der Waals surface area contributed by atoms with Gasteiger partial charge in [0.15, 0.2) is 5.60 Å². The summed E-state index contributed by atoms with van der Waals surface area (Å²) in [4.78, 5) is 64.6. The molecule has 0 saturated carbocycles. The summed E-state index contributed by atoms with van der Waals surface area (Å²) in [6, 6.07) is 30.5. The minimum absolute atomic E-state index is 0.0239. The molecule has 5 atom stereocenters. The first-order valence-electron chi connectivity index (χ1n) is 27.2. The lowest BCUT2D eigenvalue weighted by molar-refractivity contribution is -0.139. The SMILES string of the molecule is CCOc1ccc2c(c1)CC(NCCCCO)C(=O)N2c1ccc(CN2C(=O)[C@](O)([C@H](C)/C=C/CC(=O)N3Cc4ccccc4C[C@H]3CO)c3cc(N4C(=O)C(NCCCCO)Cc5cc(OCC)ccc54)ccc32)cc1. The van der Waals surface area contributed by atoms with Crippen LogP contribution in [0.15, 0.2) is 115 Å². The Morgan fingerprint density at radius 1 is 0.688 bits per heavy atom. The second kappa shape index (κ2) is 24.6. The van der Waals surface area contributed by atoms with E-state index >= 15 is 4.79 Å². The van der Waals surface area contributed by atoms with Crippen LogP contribution in [0.25, 0.3) is 0 Å². The van der Waals surface area contributed by atoms with Gasteiger partial charge in [0.05, 0.1) is 61.6 Å². The first kappa shape index (κ1) is 54.9. The number of hydrogen-bond acceptors (Lipinski definition) is 12. The lowest BCUT2D eigenvalue weighted by Gasteiger charge is -2.36. The van der Waals surface area contributed by atoms with Crippen LogP contribution >= 0.6 is 0 Å². The number of rotatable bonds is 23. The third kappa shape index (κ3) is 11.4. The van der Waals surface area contributed by atoms with E-state index in [1.165, 1.54) is 0 Å². The van der Waals surface area contributed by atoms with E-state index in [1.54, 1.807) is 56.9 Å². The highest BCUT2D eigenvalue weighted by Crippen LogP contribution is 2.49. The van der Waals surface area contributed by atoms with Gasteiger partial charge in [-0.3, -0.25) is 29.0 Å². The molecule has 0 aromatic heterocycles. The fourth-order valence-corrected chi connectivity index (χ4v) is 11.3. The number of ether oxygens (including phenoxy) is 2. The summed E-state index contributed by atoms with van der Waals surface area (Å²) in [5.74, 6) is -0.581. The minimum atomic E-state index is -2.14. The zero-order valence-corrected chi connectivity index (χ0v) is 44.3. The number of carbonyl (C=O) groups excluding carboxylic acids is 4. The Morgan fingerprint density at radius 3 is 1.82 bits per heavy atom. The van der Waals surface area contributed by atoms with Gasteiger partial charge in [-0.15, -0.1) is 0 Å². The molecule has 2 unspecified atom stereocenters. The van der Waals surface area contributed by atoms with Crippen molar-refractivity contribution < 1.29 is 49.1 Å². The van der Waals surface area contributed by atoms with E-state index in [-0.39, 0.29) is 56.5 Å². The van der Waals surface area contributed by atoms with E-state index in [0.29, 0.717) is 111 Å². The summed E-state index contributed by atoms with van der Waals surface area (Å²) in [5, 5.41) is 49.1. The van der Waals surface area contributed by atoms with Crippen molar-refractivity contribution in [2.24, 2.45) is 5.92 Å². The molecule has 4 aliphatic rings. The Hall–Kier alpha value is -6.92. The summed E-state index contributed by atoms with van der Waals surface area (Å²) < 4.78 is 11.7. The Bertz CT molecular complexity index is 2970. The molecular formula is C61H72N6O10. The molecule has 4 aliphatic heterocycles. The minimum Gasteiger partial charge on any atom is -0.494 e. The van der Waals surface area contributed by atoms with Crippen molar-refractivity contribution in [1.82, 2.24) is 15.5 Å². The largest absolute Gasteiger partial charge is 0.494 e. The molecule has 0 aliphatic carbocycles. The molecule has 4 amide bonds. The van der Waals surface area contributed by atoms with Gasteiger partial charge in [-0.1, -0.05) is 55.5 Å². The summed E-state index contributed by atoms with van der Waals surface area (Å²) in [6.07, 6.45) is 7.37. The number of fused-ring (bicyclic) bond motifs is 4. The number of aliphatic hydroxyl groups excluding tert-OH is 3. The molecule has 6 N–H and O–H groups in total. The first-order chi connectivity index (χ1) is 37.4. The topological polar surface area (TPSA) is 205 Å². The predicted octanol–water partition coefficient (Wildman–Crippen LogP) is 6.65. The normalized spacial score (nSPS) is 20.3. The maximum atomic E-state index is 15.2. The number of amides is 4. The number of hydrogen-bond donors (Lipinski definition) is 6. The molecule has 16 nitrogen and oxygen atoms in total. The first-order valence-corrected chi connectivity index (χ1v) is 27.2. The average Bonchev–Trinajstić information content (AvgIpc) is 3.80. The second-order valence-corrected chi connectivity index (χ2v) is 20.4. The fraction of sp³-hybridized carbons (Fsp3) is 0.410. The van der Waals surface area contributed by atoms with Crippen LogP contribution in [0.3, 0.4) is 0 Å². The maximum absolute atomic E-state index is 15.2. The molecule has 5 aromatic rings. The molecule has 4 heterocycles. The van der Waals surface area contributed by atoms with E-state index in [4.69, 9.17) is 9.47 Å². The molecule has 16 heteroatoms. The number of unbranched alkanes of at least 4 members (excludes halogenated alkanes) is 2. The second-order valence-electron chi connectivity index (χ2n) is 20.4. The van der Waals surface area contributed by atoms with Crippen molar-refractivity contribution >= 4 is 52.1 Å². The number of carbonyl (C=O) groups is 4. The summed E-state index contributed by atoms with van der Waals surface area (Å²) in [6.45, 7) is 7.98. The van der Waals surface area contributed by atoms with E-state index in [1.807, 2.05) is 98.8 Å². The van der Waals surface area contributed by atoms with Crippen molar-refractivity contribution in [3.8, 4) is 11.5 Å². The molecule has 0 spiro atoms. The molecule has 0 saturated heterocycles. The number of nitrogens with one attached hydrogen (secondary N) is 2. The molecule has 406 valence electrons. The van der Waals surface area contributed by atoms with Gasteiger partial charge >= 0.3 is 0 Å². The third-order valence-corrected chi connectivity index (χ3v) is 15.4. The van der Waals surface area contributed by atoms with E-state index in [0.717, 1.165) is 39.9 Å². The number of anilines is 5. The molecule has 0 fully saturated rings. The third-order valence-electron chi connectivity index (χ3n) is 15.4. The van der Waals surface area contributed by atoms with E-state index in [2.05, 4.69) is 10.6 Å². The highest BCUT2D eigenvalue weighted by Gasteiger charge is 2.53. The van der Waals surface area contributed by atoms with Gasteiger partial charge in [-0.25, -0.2) is 0 Å². The van der Waals surface area contributed by atoms with E-state index < -0.39 is 29.5 Å². The fourth-order valence-electron chi connectivity index (χ4n) is 11.3. The number of aliphatic hydroxyl groups is 4. The van der Waals surface area contributed by atoms with Crippen LogP contribution < -0.4 is 34.8 Å². The van der Waals surface area contributed by atoms with Crippen LogP contribution in [-0.2, 0) is 57.1 Å². The van der Waals surface area contributed by atoms with Gasteiger partial charge in [0, 0.05) is 49.0 Å². The van der Waals surface area contributed by atoms with Gasteiger partial charge in [0.25, 0.3) is 5.91 Å². The molecule has 9 rings (SSSR count). The summed E-state index contributed by atoms with van der Waals surface area (Å²) in [5.41, 5.74) is 5.77. The van der Waals surface area contributed by atoms with Crippen LogP contribution in [0, 0.1) is 5.92 Å². The molecule has 0 bridgehead atoms.